The molecule has 0 saturated carbocycles. The Morgan fingerprint density at radius 3 is 2.67 bits per heavy atom. The van der Waals surface area contributed by atoms with Crippen LogP contribution in [0, 0.1) is 0 Å². The molecule has 5 nitrogen and oxygen atoms in total. The standard InChI is InChI=1S/C16H17N3O2/c1-20-11-4-5-12(15(8-11)21-2)16-18-13-6-3-10(9-17)7-14(13)19-16/h3-8H,9,17H2,1-2H3,(H,18,19). The summed E-state index contributed by atoms with van der Waals surface area (Å²) in [6.07, 6.45) is 0. The van der Waals surface area contributed by atoms with Gasteiger partial charge in [-0.15, -0.1) is 0 Å². The Kier molecular flexibility index (Phi) is 3.50. The topological polar surface area (TPSA) is 73.2 Å². The van der Waals surface area contributed by atoms with Crippen molar-refractivity contribution in [2.45, 2.75) is 6.54 Å². The third-order valence-electron chi connectivity index (χ3n) is 3.45. The normalized spacial score (nSPS) is 10.8. The minimum atomic E-state index is 0.510. The number of imidazole rings is 1. The second-order valence-electron chi connectivity index (χ2n) is 4.71. The van der Waals surface area contributed by atoms with Gasteiger partial charge in [-0.25, -0.2) is 4.98 Å². The van der Waals surface area contributed by atoms with Gasteiger partial charge in [-0.05, 0) is 29.8 Å². The highest BCUT2D eigenvalue weighted by atomic mass is 16.5. The molecule has 0 aliphatic heterocycles. The Balaban J connectivity index is 2.11. The van der Waals surface area contributed by atoms with Crippen molar-refractivity contribution in [3.63, 3.8) is 0 Å². The number of fused-ring (bicyclic) bond motifs is 1. The fraction of sp³-hybridized carbons (Fsp3) is 0.188. The third-order valence-corrected chi connectivity index (χ3v) is 3.45. The molecule has 3 aromatic rings. The smallest absolute Gasteiger partial charge is 0.142 e. The average molecular weight is 283 g/mol. The SMILES string of the molecule is COc1ccc(-c2nc3ccc(CN)cc3[nH]2)c(OC)c1. The molecule has 0 amide bonds. The van der Waals surface area contributed by atoms with Gasteiger partial charge in [-0.2, -0.15) is 0 Å². The Bertz CT molecular complexity index is 780. The van der Waals surface area contributed by atoms with Crippen molar-refractivity contribution in [1.82, 2.24) is 9.97 Å². The number of aromatic amines is 1. The molecule has 0 aliphatic rings. The van der Waals surface area contributed by atoms with Crippen LogP contribution < -0.4 is 15.2 Å². The molecule has 21 heavy (non-hydrogen) atoms. The lowest BCUT2D eigenvalue weighted by Gasteiger charge is -2.08. The molecule has 1 heterocycles. The summed E-state index contributed by atoms with van der Waals surface area (Å²) in [7, 11) is 3.26. The van der Waals surface area contributed by atoms with E-state index in [4.69, 9.17) is 15.2 Å². The largest absolute Gasteiger partial charge is 0.497 e. The van der Waals surface area contributed by atoms with Crippen LogP contribution >= 0.6 is 0 Å². The number of benzene rings is 2. The van der Waals surface area contributed by atoms with Crippen molar-refractivity contribution in [2.24, 2.45) is 5.73 Å². The maximum Gasteiger partial charge on any atom is 0.142 e. The maximum absolute atomic E-state index is 5.67. The first kappa shape index (κ1) is 13.5. The van der Waals surface area contributed by atoms with E-state index >= 15 is 0 Å². The zero-order valence-corrected chi connectivity index (χ0v) is 12.0. The number of hydrogen-bond donors (Lipinski definition) is 2. The summed E-state index contributed by atoms with van der Waals surface area (Å²) in [6.45, 7) is 0.510. The predicted octanol–water partition coefficient (Wildman–Crippen LogP) is 2.71. The second kappa shape index (κ2) is 5.46. The van der Waals surface area contributed by atoms with Crippen LogP contribution in [0.3, 0.4) is 0 Å². The molecule has 5 heteroatoms. The number of hydrogen-bond acceptors (Lipinski definition) is 4. The van der Waals surface area contributed by atoms with Gasteiger partial charge in [0.05, 0.1) is 30.8 Å². The zero-order valence-electron chi connectivity index (χ0n) is 12.0. The van der Waals surface area contributed by atoms with Crippen LogP contribution in [0.15, 0.2) is 36.4 Å². The van der Waals surface area contributed by atoms with Crippen LogP contribution in [0.2, 0.25) is 0 Å². The zero-order chi connectivity index (χ0) is 14.8. The van der Waals surface area contributed by atoms with E-state index in [2.05, 4.69) is 9.97 Å². The van der Waals surface area contributed by atoms with E-state index < -0.39 is 0 Å². The Hall–Kier alpha value is -2.53. The summed E-state index contributed by atoms with van der Waals surface area (Å²) in [5.41, 5.74) is 9.50. The summed E-state index contributed by atoms with van der Waals surface area (Å²) in [5, 5.41) is 0. The highest BCUT2D eigenvalue weighted by Crippen LogP contribution is 2.32. The number of rotatable bonds is 4. The summed E-state index contributed by atoms with van der Waals surface area (Å²) < 4.78 is 10.6. The van der Waals surface area contributed by atoms with E-state index in [1.54, 1.807) is 14.2 Å². The fourth-order valence-electron chi connectivity index (χ4n) is 2.31. The van der Waals surface area contributed by atoms with Gasteiger partial charge in [-0.3, -0.25) is 0 Å². The van der Waals surface area contributed by atoms with Crippen molar-refractivity contribution in [3.8, 4) is 22.9 Å². The summed E-state index contributed by atoms with van der Waals surface area (Å²) in [6, 6.07) is 11.6. The molecular weight excluding hydrogens is 266 g/mol. The highest BCUT2D eigenvalue weighted by Gasteiger charge is 2.12. The Morgan fingerprint density at radius 1 is 1.10 bits per heavy atom. The van der Waals surface area contributed by atoms with Crippen molar-refractivity contribution >= 4 is 11.0 Å². The van der Waals surface area contributed by atoms with Gasteiger partial charge in [0.2, 0.25) is 0 Å². The van der Waals surface area contributed by atoms with Crippen LogP contribution in [0.5, 0.6) is 11.5 Å². The molecule has 0 unspecified atom stereocenters. The fourth-order valence-corrected chi connectivity index (χ4v) is 2.31. The van der Waals surface area contributed by atoms with Gasteiger partial charge in [-0.1, -0.05) is 6.07 Å². The molecule has 0 aliphatic carbocycles. The summed E-state index contributed by atoms with van der Waals surface area (Å²) in [4.78, 5) is 7.92. The number of H-pyrrole nitrogens is 1. The summed E-state index contributed by atoms with van der Waals surface area (Å²) in [5.74, 6) is 2.23. The van der Waals surface area contributed by atoms with Crippen molar-refractivity contribution in [3.05, 3.63) is 42.0 Å². The number of nitrogens with zero attached hydrogens (tertiary/aromatic N) is 1. The van der Waals surface area contributed by atoms with E-state index in [9.17, 15) is 0 Å². The van der Waals surface area contributed by atoms with E-state index in [1.165, 1.54) is 0 Å². The van der Waals surface area contributed by atoms with E-state index in [0.29, 0.717) is 12.3 Å². The van der Waals surface area contributed by atoms with Crippen molar-refractivity contribution < 1.29 is 9.47 Å². The van der Waals surface area contributed by atoms with Crippen LogP contribution in [-0.2, 0) is 6.54 Å². The van der Waals surface area contributed by atoms with Crippen LogP contribution in [-0.4, -0.2) is 24.2 Å². The lowest BCUT2D eigenvalue weighted by Crippen LogP contribution is -1.95. The maximum atomic E-state index is 5.67. The first-order chi connectivity index (χ1) is 10.2. The first-order valence-electron chi connectivity index (χ1n) is 6.66. The minimum absolute atomic E-state index is 0.510. The van der Waals surface area contributed by atoms with E-state index in [-0.39, 0.29) is 0 Å². The van der Waals surface area contributed by atoms with Crippen LogP contribution in [0.1, 0.15) is 5.56 Å². The Morgan fingerprint density at radius 2 is 1.95 bits per heavy atom. The van der Waals surface area contributed by atoms with Crippen molar-refractivity contribution in [2.75, 3.05) is 14.2 Å². The Labute approximate surface area is 122 Å². The van der Waals surface area contributed by atoms with Gasteiger partial charge in [0.15, 0.2) is 0 Å². The monoisotopic (exact) mass is 283 g/mol. The van der Waals surface area contributed by atoms with Gasteiger partial charge in [0, 0.05) is 12.6 Å². The lowest BCUT2D eigenvalue weighted by atomic mass is 10.2. The van der Waals surface area contributed by atoms with Gasteiger partial charge in [0.1, 0.15) is 17.3 Å². The molecule has 3 rings (SSSR count). The number of aromatic nitrogens is 2. The molecule has 0 bridgehead atoms. The van der Waals surface area contributed by atoms with Crippen molar-refractivity contribution in [1.29, 1.82) is 0 Å². The van der Waals surface area contributed by atoms with Crippen LogP contribution in [0.25, 0.3) is 22.4 Å². The highest BCUT2D eigenvalue weighted by molar-refractivity contribution is 5.81. The first-order valence-corrected chi connectivity index (χ1v) is 6.66. The number of nitrogens with two attached hydrogens (primary N) is 1. The summed E-state index contributed by atoms with van der Waals surface area (Å²) >= 11 is 0. The average Bonchev–Trinajstić information content (AvgIpc) is 2.96. The molecule has 1 aromatic heterocycles. The molecule has 0 fully saturated rings. The van der Waals surface area contributed by atoms with E-state index in [1.807, 2.05) is 36.4 Å². The molecule has 3 N–H and O–H groups in total. The molecule has 0 radical (unpaired) electrons. The predicted molar refractivity (Wildman–Crippen MR) is 82.5 cm³/mol. The van der Waals surface area contributed by atoms with Gasteiger partial charge < -0.3 is 20.2 Å². The third kappa shape index (κ3) is 2.43. The molecule has 0 saturated heterocycles. The van der Waals surface area contributed by atoms with E-state index in [0.717, 1.165) is 33.7 Å². The lowest BCUT2D eigenvalue weighted by molar-refractivity contribution is 0.395. The molecule has 0 spiro atoms. The van der Waals surface area contributed by atoms with Gasteiger partial charge in [0.25, 0.3) is 0 Å². The number of methoxy groups -OCH3 is 2. The number of nitrogens with one attached hydrogen (secondary N) is 1. The molecule has 0 atom stereocenters. The second-order valence-corrected chi connectivity index (χ2v) is 4.71. The molecule has 2 aromatic carbocycles. The minimum Gasteiger partial charge on any atom is -0.497 e. The van der Waals surface area contributed by atoms with Crippen LogP contribution in [0.4, 0.5) is 0 Å². The molecular formula is C16H17N3O2. The van der Waals surface area contributed by atoms with Gasteiger partial charge >= 0.3 is 0 Å². The molecule has 108 valence electrons. The number of ether oxygens (including phenoxy) is 2. The quantitative estimate of drug-likeness (QED) is 0.772.